The highest BCUT2D eigenvalue weighted by Gasteiger charge is 1.96. The third-order valence-electron chi connectivity index (χ3n) is 0.552. The highest BCUT2D eigenvalue weighted by Crippen LogP contribution is 2.10. The minimum Gasteiger partial charge on any atom is -0.291 e. The molecule has 0 atom stereocenters. The molecular weight excluding hydrogens is 100 g/mol. The second kappa shape index (κ2) is 2.44. The number of rotatable bonds is 0. The van der Waals surface area contributed by atoms with Gasteiger partial charge in [0.1, 0.15) is 0 Å². The number of hydrogen-bond acceptors (Lipinski definition) is 3. The van der Waals surface area contributed by atoms with Crippen LogP contribution in [0.15, 0.2) is 0 Å². The zero-order chi connectivity index (χ0) is 4.24. The average molecular weight is 106 g/mol. The average Bonchev–Trinajstić information content (AvgIpc) is 1.72. The van der Waals surface area contributed by atoms with E-state index in [1.54, 1.807) is 0 Å². The van der Waals surface area contributed by atoms with E-state index in [0.717, 1.165) is 32.0 Å². The Balaban J connectivity index is 2.00. The maximum atomic E-state index is 4.76. The largest absolute Gasteiger partial charge is 0.291 e. The van der Waals surface area contributed by atoms with Gasteiger partial charge in [0.05, 0.1) is 13.2 Å². The van der Waals surface area contributed by atoms with Gasteiger partial charge in [0.2, 0.25) is 0 Å². The molecule has 1 fully saturated rings. The molecule has 1 rings (SSSR count). The van der Waals surface area contributed by atoms with Crippen molar-refractivity contribution < 1.29 is 8.37 Å². The van der Waals surface area contributed by atoms with Crippen LogP contribution in [0.4, 0.5) is 0 Å². The maximum absolute atomic E-state index is 4.76. The topological polar surface area (TPSA) is 18.5 Å². The van der Waals surface area contributed by atoms with E-state index >= 15 is 0 Å². The molecule has 0 aliphatic carbocycles. The third-order valence-corrected chi connectivity index (χ3v) is 1.08. The standard InChI is InChI=1S/C3H6O2S/c1-2-4-6-5-3-1/h1-3H2. The highest BCUT2D eigenvalue weighted by atomic mass is 32.2. The summed E-state index contributed by atoms with van der Waals surface area (Å²) in [5, 5.41) is 0. The molecule has 0 amide bonds. The minimum absolute atomic E-state index is 0.838. The van der Waals surface area contributed by atoms with Gasteiger partial charge in [-0.15, -0.1) is 0 Å². The van der Waals surface area contributed by atoms with E-state index < -0.39 is 0 Å². The summed E-state index contributed by atoms with van der Waals surface area (Å²) < 4.78 is 9.53. The van der Waals surface area contributed by atoms with Crippen LogP contribution in [0.1, 0.15) is 6.42 Å². The van der Waals surface area contributed by atoms with Crippen molar-refractivity contribution in [3.8, 4) is 0 Å². The van der Waals surface area contributed by atoms with Crippen LogP contribution in [-0.2, 0) is 8.37 Å². The molecule has 0 aromatic heterocycles. The van der Waals surface area contributed by atoms with Gasteiger partial charge >= 0.3 is 0 Å². The Kier molecular flexibility index (Phi) is 1.80. The summed E-state index contributed by atoms with van der Waals surface area (Å²) in [7, 11) is 0. The van der Waals surface area contributed by atoms with Crippen molar-refractivity contribution in [3.63, 3.8) is 0 Å². The molecule has 1 aliphatic heterocycles. The predicted molar refractivity (Wildman–Crippen MR) is 24.1 cm³/mol. The van der Waals surface area contributed by atoms with Crippen LogP contribution >= 0.6 is 12.3 Å². The quantitative estimate of drug-likeness (QED) is 0.429. The van der Waals surface area contributed by atoms with Crippen molar-refractivity contribution in [2.45, 2.75) is 6.42 Å². The molecule has 6 heavy (non-hydrogen) atoms. The molecule has 0 N–H and O–H groups in total. The van der Waals surface area contributed by atoms with E-state index in [-0.39, 0.29) is 0 Å². The van der Waals surface area contributed by atoms with Gasteiger partial charge in [-0.05, 0) is 6.42 Å². The van der Waals surface area contributed by atoms with E-state index in [0.29, 0.717) is 0 Å². The first-order valence-electron chi connectivity index (χ1n) is 1.91. The van der Waals surface area contributed by atoms with Crippen molar-refractivity contribution in [2.75, 3.05) is 13.2 Å². The fraction of sp³-hybridized carbons (Fsp3) is 1.00. The Labute approximate surface area is 41.2 Å². The molecule has 0 radical (unpaired) electrons. The van der Waals surface area contributed by atoms with Crippen molar-refractivity contribution in [2.24, 2.45) is 0 Å². The van der Waals surface area contributed by atoms with Crippen LogP contribution < -0.4 is 0 Å². The van der Waals surface area contributed by atoms with Crippen LogP contribution in [-0.4, -0.2) is 13.2 Å². The summed E-state index contributed by atoms with van der Waals surface area (Å²) in [5.74, 6) is 0. The maximum Gasteiger partial charge on any atom is 0.158 e. The molecule has 1 heterocycles. The molecule has 1 aliphatic rings. The van der Waals surface area contributed by atoms with Gasteiger partial charge in [-0.25, -0.2) is 0 Å². The summed E-state index contributed by atoms with van der Waals surface area (Å²) >= 11 is 1.09. The molecule has 36 valence electrons. The summed E-state index contributed by atoms with van der Waals surface area (Å²) in [6.07, 6.45) is 1.03. The van der Waals surface area contributed by atoms with Crippen molar-refractivity contribution in [1.82, 2.24) is 0 Å². The van der Waals surface area contributed by atoms with Gasteiger partial charge in [-0.2, -0.15) is 0 Å². The van der Waals surface area contributed by atoms with Crippen LogP contribution in [0.5, 0.6) is 0 Å². The number of hydrogen-bond donors (Lipinski definition) is 0. The molecule has 1 saturated heterocycles. The SMILES string of the molecule is C1COSOC1. The lowest BCUT2D eigenvalue weighted by molar-refractivity contribution is 0.215. The van der Waals surface area contributed by atoms with Crippen molar-refractivity contribution >= 4 is 12.3 Å². The van der Waals surface area contributed by atoms with E-state index in [9.17, 15) is 0 Å². The first-order valence-corrected chi connectivity index (χ1v) is 2.58. The van der Waals surface area contributed by atoms with Crippen LogP contribution in [0.2, 0.25) is 0 Å². The monoisotopic (exact) mass is 106 g/mol. The van der Waals surface area contributed by atoms with E-state index in [1.165, 1.54) is 0 Å². The molecule has 0 saturated carbocycles. The van der Waals surface area contributed by atoms with Gasteiger partial charge in [0.25, 0.3) is 0 Å². The second-order valence-electron chi connectivity index (χ2n) is 1.07. The second-order valence-corrected chi connectivity index (χ2v) is 1.67. The van der Waals surface area contributed by atoms with E-state index in [2.05, 4.69) is 0 Å². The summed E-state index contributed by atoms with van der Waals surface area (Å²) in [4.78, 5) is 0. The van der Waals surface area contributed by atoms with E-state index in [4.69, 9.17) is 8.37 Å². The molecule has 0 spiro atoms. The predicted octanol–water partition coefficient (Wildman–Crippen LogP) is 0.986. The van der Waals surface area contributed by atoms with Crippen LogP contribution in [0.3, 0.4) is 0 Å². The smallest absolute Gasteiger partial charge is 0.158 e. The lowest BCUT2D eigenvalue weighted by Gasteiger charge is -2.06. The van der Waals surface area contributed by atoms with Crippen molar-refractivity contribution in [3.05, 3.63) is 0 Å². The molecular formula is C3H6O2S. The lowest BCUT2D eigenvalue weighted by Crippen LogP contribution is -1.99. The zero-order valence-electron chi connectivity index (χ0n) is 3.35. The highest BCUT2D eigenvalue weighted by molar-refractivity contribution is 7.89. The Bertz CT molecular complexity index is 24.3. The van der Waals surface area contributed by atoms with Gasteiger partial charge in [0.15, 0.2) is 12.3 Å². The minimum atomic E-state index is 0.838. The van der Waals surface area contributed by atoms with Crippen LogP contribution in [0.25, 0.3) is 0 Å². The zero-order valence-corrected chi connectivity index (χ0v) is 4.16. The van der Waals surface area contributed by atoms with Gasteiger partial charge < -0.3 is 0 Å². The first kappa shape index (κ1) is 4.43. The Morgan fingerprint density at radius 2 is 1.83 bits per heavy atom. The Hall–Kier alpha value is 0.270. The first-order chi connectivity index (χ1) is 3.00. The van der Waals surface area contributed by atoms with E-state index in [1.807, 2.05) is 0 Å². The van der Waals surface area contributed by atoms with Crippen molar-refractivity contribution in [1.29, 1.82) is 0 Å². The fourth-order valence-corrected chi connectivity index (χ4v) is 0.719. The molecule has 2 nitrogen and oxygen atoms in total. The molecule has 0 aromatic carbocycles. The Morgan fingerprint density at radius 1 is 1.17 bits per heavy atom. The summed E-state index contributed by atoms with van der Waals surface area (Å²) in [6.45, 7) is 1.68. The van der Waals surface area contributed by atoms with Gasteiger partial charge in [0, 0.05) is 0 Å². The summed E-state index contributed by atoms with van der Waals surface area (Å²) in [6, 6.07) is 0. The van der Waals surface area contributed by atoms with Crippen LogP contribution in [0, 0.1) is 0 Å². The molecule has 0 aromatic rings. The van der Waals surface area contributed by atoms with Gasteiger partial charge in [-0.1, -0.05) is 0 Å². The molecule has 3 heteroatoms. The summed E-state index contributed by atoms with van der Waals surface area (Å²) in [5.41, 5.74) is 0. The Morgan fingerprint density at radius 3 is 2.00 bits per heavy atom. The fourth-order valence-electron chi connectivity index (χ4n) is 0.279. The normalized spacial score (nSPS) is 24.0. The molecule has 0 unspecified atom stereocenters. The van der Waals surface area contributed by atoms with Gasteiger partial charge in [-0.3, -0.25) is 8.37 Å². The third kappa shape index (κ3) is 1.16. The lowest BCUT2D eigenvalue weighted by atomic mass is 10.5. The molecule has 0 bridgehead atoms.